The number of aromatic nitrogens is 2. The lowest BCUT2D eigenvalue weighted by Crippen LogP contribution is -2.07. The van der Waals surface area contributed by atoms with Crippen molar-refractivity contribution in [2.24, 2.45) is 0 Å². The van der Waals surface area contributed by atoms with Gasteiger partial charge < -0.3 is 9.88 Å². The van der Waals surface area contributed by atoms with Crippen molar-refractivity contribution in [2.75, 3.05) is 5.32 Å². The minimum atomic E-state index is 0.742. The number of rotatable bonds is 4. The third-order valence-corrected chi connectivity index (χ3v) is 3.55. The zero-order valence-corrected chi connectivity index (χ0v) is 11.9. The van der Waals surface area contributed by atoms with E-state index in [4.69, 9.17) is 4.98 Å². The number of hydrogen-bond acceptors (Lipinski definition) is 2. The van der Waals surface area contributed by atoms with Crippen molar-refractivity contribution in [1.29, 1.82) is 0 Å². The van der Waals surface area contributed by atoms with Crippen LogP contribution in [0.1, 0.15) is 18.3 Å². The van der Waals surface area contributed by atoms with Gasteiger partial charge in [0.15, 0.2) is 0 Å². The SMILES string of the molecule is CCn1c(CNc2ccc(C)cc2)nc2ccccc21. The molecule has 1 aromatic heterocycles. The highest BCUT2D eigenvalue weighted by atomic mass is 15.1. The van der Waals surface area contributed by atoms with Gasteiger partial charge in [-0.3, -0.25) is 0 Å². The number of benzene rings is 2. The number of hydrogen-bond donors (Lipinski definition) is 1. The van der Waals surface area contributed by atoms with Gasteiger partial charge in [-0.15, -0.1) is 0 Å². The smallest absolute Gasteiger partial charge is 0.129 e. The molecular weight excluding hydrogens is 246 g/mol. The summed E-state index contributed by atoms with van der Waals surface area (Å²) in [4.78, 5) is 4.72. The molecule has 20 heavy (non-hydrogen) atoms. The Morgan fingerprint density at radius 3 is 2.55 bits per heavy atom. The molecule has 0 radical (unpaired) electrons. The van der Waals surface area contributed by atoms with Gasteiger partial charge in [0.1, 0.15) is 5.82 Å². The van der Waals surface area contributed by atoms with Gasteiger partial charge in [-0.25, -0.2) is 4.98 Å². The standard InChI is InChI=1S/C17H19N3/c1-3-20-16-7-5-4-6-15(16)19-17(20)12-18-14-10-8-13(2)9-11-14/h4-11,18H,3,12H2,1-2H3. The first-order chi connectivity index (χ1) is 9.78. The van der Waals surface area contributed by atoms with E-state index < -0.39 is 0 Å². The summed E-state index contributed by atoms with van der Waals surface area (Å²) in [6.45, 7) is 5.93. The second kappa shape index (κ2) is 5.37. The Balaban J connectivity index is 1.85. The highest BCUT2D eigenvalue weighted by Gasteiger charge is 2.08. The fourth-order valence-electron chi connectivity index (χ4n) is 2.47. The Bertz CT molecular complexity index is 711. The van der Waals surface area contributed by atoms with Crippen LogP contribution in [0.3, 0.4) is 0 Å². The summed E-state index contributed by atoms with van der Waals surface area (Å²) < 4.78 is 2.26. The highest BCUT2D eigenvalue weighted by molar-refractivity contribution is 5.75. The summed E-state index contributed by atoms with van der Waals surface area (Å²) in [7, 11) is 0. The molecule has 0 saturated heterocycles. The van der Waals surface area contributed by atoms with Crippen LogP contribution >= 0.6 is 0 Å². The number of anilines is 1. The molecule has 0 bridgehead atoms. The first kappa shape index (κ1) is 12.7. The number of nitrogens with one attached hydrogen (secondary N) is 1. The van der Waals surface area contributed by atoms with Crippen molar-refractivity contribution in [3.8, 4) is 0 Å². The van der Waals surface area contributed by atoms with Crippen molar-refractivity contribution in [1.82, 2.24) is 9.55 Å². The fourth-order valence-corrected chi connectivity index (χ4v) is 2.47. The summed E-state index contributed by atoms with van der Waals surface area (Å²) in [6.07, 6.45) is 0. The average molecular weight is 265 g/mol. The second-order valence-corrected chi connectivity index (χ2v) is 4.98. The van der Waals surface area contributed by atoms with E-state index in [1.165, 1.54) is 11.1 Å². The second-order valence-electron chi connectivity index (χ2n) is 4.98. The Labute approximate surface area is 119 Å². The van der Waals surface area contributed by atoms with E-state index >= 15 is 0 Å². The van der Waals surface area contributed by atoms with Gasteiger partial charge in [0.05, 0.1) is 17.6 Å². The molecule has 1 heterocycles. The molecule has 3 heteroatoms. The van der Waals surface area contributed by atoms with Crippen LogP contribution in [0.2, 0.25) is 0 Å². The molecule has 0 saturated carbocycles. The number of imidazole rings is 1. The third kappa shape index (κ3) is 2.39. The van der Waals surface area contributed by atoms with Gasteiger partial charge in [0, 0.05) is 12.2 Å². The van der Waals surface area contributed by atoms with E-state index in [0.717, 1.165) is 30.1 Å². The highest BCUT2D eigenvalue weighted by Crippen LogP contribution is 2.17. The molecule has 3 nitrogen and oxygen atoms in total. The van der Waals surface area contributed by atoms with E-state index in [-0.39, 0.29) is 0 Å². The van der Waals surface area contributed by atoms with Gasteiger partial charge in [0.2, 0.25) is 0 Å². The van der Waals surface area contributed by atoms with Crippen LogP contribution < -0.4 is 5.32 Å². The van der Waals surface area contributed by atoms with Crippen LogP contribution in [0.25, 0.3) is 11.0 Å². The number of nitrogens with zero attached hydrogens (tertiary/aromatic N) is 2. The molecule has 0 spiro atoms. The monoisotopic (exact) mass is 265 g/mol. The molecule has 0 unspecified atom stereocenters. The molecule has 0 aliphatic carbocycles. The van der Waals surface area contributed by atoms with Gasteiger partial charge in [0.25, 0.3) is 0 Å². The molecule has 3 rings (SSSR count). The molecule has 0 atom stereocenters. The molecule has 3 aromatic rings. The maximum absolute atomic E-state index is 4.72. The van der Waals surface area contributed by atoms with E-state index in [9.17, 15) is 0 Å². The lowest BCUT2D eigenvalue weighted by molar-refractivity contribution is 0.729. The van der Waals surface area contributed by atoms with Crippen LogP contribution in [-0.4, -0.2) is 9.55 Å². The minimum Gasteiger partial charge on any atom is -0.378 e. The van der Waals surface area contributed by atoms with Crippen molar-refractivity contribution in [3.05, 3.63) is 59.9 Å². The van der Waals surface area contributed by atoms with Crippen molar-refractivity contribution < 1.29 is 0 Å². The van der Waals surface area contributed by atoms with Crippen LogP contribution in [0.5, 0.6) is 0 Å². The lowest BCUT2D eigenvalue weighted by atomic mass is 10.2. The summed E-state index contributed by atoms with van der Waals surface area (Å²) >= 11 is 0. The molecule has 1 N–H and O–H groups in total. The van der Waals surface area contributed by atoms with Gasteiger partial charge in [-0.05, 0) is 38.1 Å². The summed E-state index contributed by atoms with van der Waals surface area (Å²) in [5.74, 6) is 1.08. The zero-order valence-electron chi connectivity index (χ0n) is 11.9. The first-order valence-corrected chi connectivity index (χ1v) is 7.02. The quantitative estimate of drug-likeness (QED) is 0.773. The Kier molecular flexibility index (Phi) is 3.42. The molecule has 0 fully saturated rings. The minimum absolute atomic E-state index is 0.742. The van der Waals surface area contributed by atoms with Crippen LogP contribution in [0.15, 0.2) is 48.5 Å². The molecular formula is C17H19N3. The lowest BCUT2D eigenvalue weighted by Gasteiger charge is -2.08. The largest absolute Gasteiger partial charge is 0.378 e. The zero-order chi connectivity index (χ0) is 13.9. The number of para-hydroxylation sites is 2. The molecule has 2 aromatic carbocycles. The maximum Gasteiger partial charge on any atom is 0.129 e. The predicted octanol–water partition coefficient (Wildman–Crippen LogP) is 3.98. The number of fused-ring (bicyclic) bond motifs is 1. The summed E-state index contributed by atoms with van der Waals surface area (Å²) in [6, 6.07) is 16.7. The normalized spacial score (nSPS) is 10.9. The molecule has 0 amide bonds. The predicted molar refractivity (Wildman–Crippen MR) is 83.9 cm³/mol. The van der Waals surface area contributed by atoms with Crippen molar-refractivity contribution >= 4 is 16.7 Å². The third-order valence-electron chi connectivity index (χ3n) is 3.55. The summed E-state index contributed by atoms with van der Waals surface area (Å²) in [5.41, 5.74) is 4.67. The van der Waals surface area contributed by atoms with Crippen LogP contribution in [0, 0.1) is 6.92 Å². The van der Waals surface area contributed by atoms with E-state index in [0.29, 0.717) is 0 Å². The van der Waals surface area contributed by atoms with Crippen LogP contribution in [-0.2, 0) is 13.1 Å². The van der Waals surface area contributed by atoms with Gasteiger partial charge in [-0.2, -0.15) is 0 Å². The van der Waals surface area contributed by atoms with Crippen molar-refractivity contribution in [3.63, 3.8) is 0 Å². The Hall–Kier alpha value is -2.29. The number of aryl methyl sites for hydroxylation is 2. The molecule has 102 valence electrons. The first-order valence-electron chi connectivity index (χ1n) is 7.02. The van der Waals surface area contributed by atoms with E-state index in [1.54, 1.807) is 0 Å². The van der Waals surface area contributed by atoms with Gasteiger partial charge in [-0.1, -0.05) is 29.8 Å². The molecule has 0 aliphatic rings. The maximum atomic E-state index is 4.72. The van der Waals surface area contributed by atoms with E-state index in [1.807, 2.05) is 6.07 Å². The fraction of sp³-hybridized carbons (Fsp3) is 0.235. The summed E-state index contributed by atoms with van der Waals surface area (Å²) in [5, 5.41) is 3.44. The van der Waals surface area contributed by atoms with E-state index in [2.05, 4.69) is 66.2 Å². The Morgan fingerprint density at radius 1 is 1.05 bits per heavy atom. The topological polar surface area (TPSA) is 29.9 Å². The Morgan fingerprint density at radius 2 is 1.80 bits per heavy atom. The van der Waals surface area contributed by atoms with Gasteiger partial charge >= 0.3 is 0 Å². The van der Waals surface area contributed by atoms with Crippen LogP contribution in [0.4, 0.5) is 5.69 Å². The van der Waals surface area contributed by atoms with Crippen molar-refractivity contribution in [2.45, 2.75) is 26.9 Å². The average Bonchev–Trinajstić information content (AvgIpc) is 2.84. The molecule has 0 aliphatic heterocycles.